The Labute approximate surface area is 212 Å². The van der Waals surface area contributed by atoms with Crippen molar-refractivity contribution >= 4 is 38.6 Å². The number of ether oxygens (including phenoxy) is 2. The monoisotopic (exact) mass is 529 g/mol. The highest BCUT2D eigenvalue weighted by Crippen LogP contribution is 2.24. The topological polar surface area (TPSA) is 190 Å². The van der Waals surface area contributed by atoms with Crippen LogP contribution < -0.4 is 5.56 Å². The molecule has 4 N–H and O–H groups in total. The zero-order chi connectivity index (χ0) is 26.3. The van der Waals surface area contributed by atoms with Crippen LogP contribution in [0.25, 0.3) is 21.3 Å². The molecular weight excluding hydrogens is 506 g/mol. The Morgan fingerprint density at radius 2 is 1.86 bits per heavy atom. The number of carbonyl (C=O) groups is 1. The van der Waals surface area contributed by atoms with Gasteiger partial charge >= 0.3 is 5.97 Å². The predicted molar refractivity (Wildman–Crippen MR) is 129 cm³/mol. The number of thiazole rings is 1. The van der Waals surface area contributed by atoms with Gasteiger partial charge in [0.25, 0.3) is 5.56 Å². The number of hydrogen-bond acceptors (Lipinski definition) is 13. The van der Waals surface area contributed by atoms with Gasteiger partial charge in [0.2, 0.25) is 0 Å². The summed E-state index contributed by atoms with van der Waals surface area (Å²) in [6, 6.07) is 5.89. The molecule has 1 fully saturated rings. The highest BCUT2D eigenvalue weighted by molar-refractivity contribution is 7.18. The van der Waals surface area contributed by atoms with Crippen LogP contribution in [0.3, 0.4) is 0 Å². The van der Waals surface area contributed by atoms with E-state index in [0.717, 1.165) is 15.8 Å². The number of aryl methyl sites for hydroxylation is 1. The van der Waals surface area contributed by atoms with Gasteiger partial charge < -0.3 is 29.9 Å². The summed E-state index contributed by atoms with van der Waals surface area (Å²) in [5.41, 5.74) is 1.70. The third-order valence-corrected chi connectivity index (χ3v) is 6.95. The number of fused-ring (bicyclic) bond motifs is 2. The van der Waals surface area contributed by atoms with Crippen LogP contribution in [0.15, 0.2) is 35.4 Å². The third kappa shape index (κ3) is 5.07. The Hall–Kier alpha value is -3.40. The summed E-state index contributed by atoms with van der Waals surface area (Å²) in [4.78, 5) is 38.5. The molecular formula is C23H23N5O8S. The minimum atomic E-state index is -1.75. The lowest BCUT2D eigenvalue weighted by Crippen LogP contribution is -2.58. The normalized spacial score (nSPS) is 24.0. The van der Waals surface area contributed by atoms with Gasteiger partial charge in [0, 0.05) is 12.4 Å². The van der Waals surface area contributed by atoms with Gasteiger partial charge in [0.15, 0.2) is 11.8 Å². The average molecular weight is 530 g/mol. The van der Waals surface area contributed by atoms with Crippen molar-refractivity contribution in [1.82, 2.24) is 24.7 Å². The first kappa shape index (κ1) is 25.3. The molecule has 1 saturated heterocycles. The van der Waals surface area contributed by atoms with Gasteiger partial charge in [0.1, 0.15) is 47.2 Å². The number of hydrogen-bond donors (Lipinski definition) is 4. The van der Waals surface area contributed by atoms with Crippen LogP contribution in [0, 0.1) is 6.92 Å². The quantitative estimate of drug-likeness (QED) is 0.224. The molecule has 5 rings (SSSR count). The predicted octanol–water partition coefficient (Wildman–Crippen LogP) is -0.961. The van der Waals surface area contributed by atoms with E-state index in [1.54, 1.807) is 0 Å². The molecule has 194 valence electrons. The van der Waals surface area contributed by atoms with Crippen molar-refractivity contribution in [1.29, 1.82) is 0 Å². The van der Waals surface area contributed by atoms with Gasteiger partial charge in [-0.25, -0.2) is 14.6 Å². The highest BCUT2D eigenvalue weighted by atomic mass is 32.1. The van der Waals surface area contributed by atoms with Crippen LogP contribution in [0.2, 0.25) is 0 Å². The van der Waals surface area contributed by atoms with Crippen molar-refractivity contribution in [3.05, 3.63) is 57.2 Å². The highest BCUT2D eigenvalue weighted by Gasteiger charge is 2.43. The second kappa shape index (κ2) is 10.2. The molecule has 1 aliphatic rings. The Balaban J connectivity index is 1.37. The molecule has 0 saturated carbocycles. The minimum Gasteiger partial charge on any atom is -0.463 e. The molecule has 3 aromatic heterocycles. The lowest BCUT2D eigenvalue weighted by atomic mass is 9.99. The fourth-order valence-corrected chi connectivity index (χ4v) is 4.93. The molecule has 13 nitrogen and oxygen atoms in total. The van der Waals surface area contributed by atoms with Crippen molar-refractivity contribution in [2.24, 2.45) is 0 Å². The van der Waals surface area contributed by atoms with E-state index in [0.29, 0.717) is 5.01 Å². The van der Waals surface area contributed by atoms with Gasteiger partial charge in [-0.2, -0.15) is 5.10 Å². The van der Waals surface area contributed by atoms with Crippen molar-refractivity contribution in [2.75, 3.05) is 6.61 Å². The molecule has 1 aromatic carbocycles. The number of aliphatic hydroxyl groups excluding tert-OH is 4. The number of aromatic nitrogens is 5. The van der Waals surface area contributed by atoms with Crippen molar-refractivity contribution in [3.8, 4) is 0 Å². The summed E-state index contributed by atoms with van der Waals surface area (Å²) < 4.78 is 12.3. The van der Waals surface area contributed by atoms with Gasteiger partial charge in [-0.1, -0.05) is 6.07 Å². The van der Waals surface area contributed by atoms with Gasteiger partial charge in [-0.05, 0) is 24.6 Å². The van der Waals surface area contributed by atoms with Gasteiger partial charge in [0.05, 0.1) is 23.2 Å². The first-order chi connectivity index (χ1) is 17.7. The number of rotatable bonds is 6. The lowest BCUT2D eigenvalue weighted by Gasteiger charge is -2.37. The first-order valence-corrected chi connectivity index (χ1v) is 12.1. The SMILES string of the molecule is Cc1ccc2sc(Cn3nc(CC(=O)OCC4O[C@H](O)[C@H](O)[C@@H](O)[C@@H]4O)c4nccnc4c3=O)nc2c1. The molecule has 0 aliphatic carbocycles. The fraction of sp³-hybridized carbons (Fsp3) is 0.391. The van der Waals surface area contributed by atoms with E-state index in [1.807, 2.05) is 25.1 Å². The number of esters is 1. The van der Waals surface area contributed by atoms with E-state index in [9.17, 15) is 30.0 Å². The minimum absolute atomic E-state index is 0.0310. The average Bonchev–Trinajstić information content (AvgIpc) is 3.28. The maximum absolute atomic E-state index is 13.0. The Morgan fingerprint density at radius 3 is 2.65 bits per heavy atom. The third-order valence-electron chi connectivity index (χ3n) is 5.93. The molecule has 37 heavy (non-hydrogen) atoms. The summed E-state index contributed by atoms with van der Waals surface area (Å²) >= 11 is 1.42. The van der Waals surface area contributed by atoms with Crippen LogP contribution in [0.4, 0.5) is 0 Å². The first-order valence-electron chi connectivity index (χ1n) is 11.3. The Bertz CT molecular complexity index is 1520. The number of aliphatic hydroxyl groups is 4. The Morgan fingerprint density at radius 1 is 1.11 bits per heavy atom. The number of benzene rings is 1. The second-order valence-electron chi connectivity index (χ2n) is 8.64. The molecule has 4 aromatic rings. The van der Waals surface area contributed by atoms with Gasteiger partial charge in [-0.3, -0.25) is 14.6 Å². The van der Waals surface area contributed by atoms with Gasteiger partial charge in [-0.15, -0.1) is 11.3 Å². The Kier molecular flexibility index (Phi) is 6.94. The molecule has 0 amide bonds. The maximum Gasteiger partial charge on any atom is 0.312 e. The van der Waals surface area contributed by atoms with E-state index in [-0.39, 0.29) is 29.7 Å². The summed E-state index contributed by atoms with van der Waals surface area (Å²) in [6.45, 7) is 1.52. The van der Waals surface area contributed by atoms with E-state index in [2.05, 4.69) is 20.1 Å². The van der Waals surface area contributed by atoms with Crippen LogP contribution >= 0.6 is 11.3 Å². The van der Waals surface area contributed by atoms with E-state index < -0.39 is 48.8 Å². The van der Waals surface area contributed by atoms with Crippen LogP contribution in [-0.2, 0) is 27.2 Å². The summed E-state index contributed by atoms with van der Waals surface area (Å²) in [7, 11) is 0. The molecule has 0 radical (unpaired) electrons. The summed E-state index contributed by atoms with van der Waals surface area (Å²) in [6.07, 6.45) is -5.63. The smallest absolute Gasteiger partial charge is 0.312 e. The lowest BCUT2D eigenvalue weighted by molar-refractivity contribution is -0.287. The van der Waals surface area contributed by atoms with Crippen LogP contribution in [0.5, 0.6) is 0 Å². The summed E-state index contributed by atoms with van der Waals surface area (Å²) in [5, 5.41) is 44.0. The van der Waals surface area contributed by atoms with Crippen molar-refractivity contribution < 1.29 is 34.7 Å². The maximum atomic E-state index is 13.0. The van der Waals surface area contributed by atoms with E-state index in [1.165, 1.54) is 28.4 Å². The number of nitrogens with zero attached hydrogens (tertiary/aromatic N) is 5. The molecule has 1 unspecified atom stereocenters. The van der Waals surface area contributed by atoms with E-state index >= 15 is 0 Å². The van der Waals surface area contributed by atoms with Crippen LogP contribution in [-0.4, -0.2) is 88.4 Å². The second-order valence-corrected chi connectivity index (χ2v) is 9.75. The van der Waals surface area contributed by atoms with Crippen molar-refractivity contribution in [2.45, 2.75) is 50.6 Å². The van der Waals surface area contributed by atoms with E-state index in [4.69, 9.17) is 9.47 Å². The van der Waals surface area contributed by atoms with Crippen LogP contribution in [0.1, 0.15) is 16.3 Å². The molecule has 4 heterocycles. The largest absolute Gasteiger partial charge is 0.463 e. The standard InChI is InChI=1S/C23H23N5O8S/c1-10-2-3-14-11(6-10)26-15(37-14)8-28-22(33)18-17(24-4-5-25-18)12(27-28)7-16(29)35-9-13-19(30)20(31)21(32)23(34)36-13/h2-6,13,19-21,23,30-32,34H,7-9H2,1H3/t13?,19-,20+,21-,23+/m1/s1. The molecule has 0 spiro atoms. The molecule has 14 heteroatoms. The zero-order valence-electron chi connectivity index (χ0n) is 19.5. The van der Waals surface area contributed by atoms with Crippen molar-refractivity contribution in [3.63, 3.8) is 0 Å². The number of carbonyl (C=O) groups excluding carboxylic acids is 1. The molecule has 1 aliphatic heterocycles. The fourth-order valence-electron chi connectivity index (χ4n) is 4.01. The summed E-state index contributed by atoms with van der Waals surface area (Å²) in [5.74, 6) is -0.786. The molecule has 5 atom stereocenters. The zero-order valence-corrected chi connectivity index (χ0v) is 20.3. The molecule has 0 bridgehead atoms.